The van der Waals surface area contributed by atoms with E-state index in [1.807, 2.05) is 62.4 Å². The number of benzene rings is 4. The fourth-order valence-electron chi connectivity index (χ4n) is 9.06. The van der Waals surface area contributed by atoms with Crippen LogP contribution < -0.4 is 15.4 Å². The minimum atomic E-state index is -1.00. The monoisotopic (exact) mass is 900 g/mol. The maximum absolute atomic E-state index is 14.2. The number of amides is 4. The molecule has 0 radical (unpaired) electrons. The molecule has 66 heavy (non-hydrogen) atoms. The predicted molar refractivity (Wildman–Crippen MR) is 246 cm³/mol. The second-order valence-corrected chi connectivity index (χ2v) is 16.9. The van der Waals surface area contributed by atoms with Crippen LogP contribution in [0.15, 0.2) is 79.0 Å². The van der Waals surface area contributed by atoms with Crippen LogP contribution in [0.4, 0.5) is 9.59 Å². The van der Waals surface area contributed by atoms with Gasteiger partial charge in [-0.15, -0.1) is 0 Å². The largest absolute Gasteiger partial charge is 0.488 e. The van der Waals surface area contributed by atoms with Gasteiger partial charge in [-0.05, 0) is 84.5 Å². The summed E-state index contributed by atoms with van der Waals surface area (Å²) in [5.41, 5.74) is 6.97. The van der Waals surface area contributed by atoms with Crippen LogP contribution >= 0.6 is 0 Å². The van der Waals surface area contributed by atoms with Crippen molar-refractivity contribution in [2.24, 2.45) is 5.92 Å². The number of fused-ring (bicyclic) bond motifs is 6. The van der Waals surface area contributed by atoms with E-state index in [0.717, 1.165) is 68.3 Å². The van der Waals surface area contributed by atoms with Gasteiger partial charge in [0.2, 0.25) is 5.91 Å². The highest BCUT2D eigenvalue weighted by atomic mass is 16.5. The smallest absolute Gasteiger partial charge is 0.407 e. The number of carbonyl (C=O) groups excluding carboxylic acids is 4. The van der Waals surface area contributed by atoms with E-state index in [2.05, 4.69) is 44.9 Å². The first-order valence-electron chi connectivity index (χ1n) is 22.1. The number of hydrogen-bond acceptors (Lipinski definition) is 11. The van der Waals surface area contributed by atoms with E-state index in [-0.39, 0.29) is 23.8 Å². The molecule has 6 aromatic rings. The normalized spacial score (nSPS) is 16.6. The van der Waals surface area contributed by atoms with Crippen LogP contribution in [-0.2, 0) is 35.1 Å². The summed E-state index contributed by atoms with van der Waals surface area (Å²) in [7, 11) is 5.63. The zero-order chi connectivity index (χ0) is 46.6. The summed E-state index contributed by atoms with van der Waals surface area (Å²) in [5, 5.41) is 7.28. The number of nitrogens with zero attached hydrogens (tertiary/aromatic N) is 4. The molecule has 4 N–H and O–H groups in total. The van der Waals surface area contributed by atoms with Crippen molar-refractivity contribution in [2.75, 3.05) is 48.1 Å². The summed E-state index contributed by atoms with van der Waals surface area (Å²) < 4.78 is 27.0. The second-order valence-electron chi connectivity index (χ2n) is 16.9. The van der Waals surface area contributed by atoms with Crippen LogP contribution in [0.5, 0.6) is 5.75 Å². The number of nitrogens with one attached hydrogen (secondary N) is 4. The molecule has 2 aliphatic rings. The maximum Gasteiger partial charge on any atom is 0.407 e. The fourth-order valence-corrected chi connectivity index (χ4v) is 9.06. The number of methoxy groups -OCH3 is 4. The van der Waals surface area contributed by atoms with E-state index in [9.17, 15) is 19.2 Å². The van der Waals surface area contributed by atoms with Crippen molar-refractivity contribution < 1.29 is 42.9 Å². The SMILES string of the molecule is COC[C@@H](C)CN(C(=O)[C@@H](NC(=O)OC)[C@@H](C)OC)[C@@H](C)c1ncc(-c2ccc3c(c2)COc2cc4c(ccc5[nH]c([C@@H]6CCCN6C(=O)[C@H](NC(=O)OC)c6ccccc6)nc54)cc2-3)[nH]1. The lowest BCUT2D eigenvalue weighted by atomic mass is 9.92. The van der Waals surface area contributed by atoms with Gasteiger partial charge in [0.05, 0.1) is 61.9 Å². The van der Waals surface area contributed by atoms with Gasteiger partial charge in [0, 0.05) is 38.3 Å². The Morgan fingerprint density at radius 2 is 1.68 bits per heavy atom. The highest BCUT2D eigenvalue weighted by molar-refractivity contribution is 6.07. The third kappa shape index (κ3) is 9.13. The van der Waals surface area contributed by atoms with Gasteiger partial charge >= 0.3 is 12.2 Å². The highest BCUT2D eigenvalue weighted by Crippen LogP contribution is 2.43. The Hall–Kier alpha value is -6.98. The number of alkyl carbamates (subject to hydrolysis) is 2. The lowest BCUT2D eigenvalue weighted by Gasteiger charge is -2.35. The molecule has 346 valence electrons. The molecular formula is C49H56N8O9. The molecule has 4 amide bonds. The molecule has 0 aliphatic carbocycles. The van der Waals surface area contributed by atoms with E-state index in [1.54, 1.807) is 30.0 Å². The maximum atomic E-state index is 14.2. The average molecular weight is 901 g/mol. The molecule has 1 saturated heterocycles. The zero-order valence-corrected chi connectivity index (χ0v) is 38.2. The number of likely N-dealkylation sites (tertiary alicyclic amines) is 1. The third-order valence-electron chi connectivity index (χ3n) is 12.6. The molecule has 1 fully saturated rings. The molecule has 17 nitrogen and oxygen atoms in total. The van der Waals surface area contributed by atoms with E-state index < -0.39 is 36.4 Å². The lowest BCUT2D eigenvalue weighted by Crippen LogP contribution is -2.55. The van der Waals surface area contributed by atoms with Crippen molar-refractivity contribution in [1.82, 2.24) is 40.4 Å². The van der Waals surface area contributed by atoms with Gasteiger partial charge < -0.3 is 54.1 Å². The number of hydrogen-bond donors (Lipinski definition) is 4. The van der Waals surface area contributed by atoms with Crippen LogP contribution in [0.25, 0.3) is 44.2 Å². The molecule has 2 aliphatic heterocycles. The Labute approximate surface area is 382 Å². The minimum absolute atomic E-state index is 0.0196. The summed E-state index contributed by atoms with van der Waals surface area (Å²) in [6, 6.07) is 20.9. The number of imidazole rings is 2. The molecule has 0 spiro atoms. The van der Waals surface area contributed by atoms with Gasteiger partial charge in [0.1, 0.15) is 36.1 Å². The summed E-state index contributed by atoms with van der Waals surface area (Å²) in [5.74, 6) is 1.40. The predicted octanol–water partition coefficient (Wildman–Crippen LogP) is 7.36. The van der Waals surface area contributed by atoms with Crippen LogP contribution in [-0.4, -0.2) is 114 Å². The van der Waals surface area contributed by atoms with Crippen molar-refractivity contribution in [3.8, 4) is 28.1 Å². The summed E-state index contributed by atoms with van der Waals surface area (Å²) in [6.45, 7) is 7.23. The van der Waals surface area contributed by atoms with E-state index in [4.69, 9.17) is 33.7 Å². The molecule has 0 saturated carbocycles. The van der Waals surface area contributed by atoms with Crippen molar-refractivity contribution in [2.45, 2.75) is 70.5 Å². The van der Waals surface area contributed by atoms with E-state index in [1.165, 1.54) is 21.3 Å². The standard InChI is InChI=1S/C49H56N8O9/c1-27(25-62-4)24-57(46(58)41(29(3)63-5)54-48(60)64-6)28(2)44-50-23-38(52-44)32-15-17-34-33(20-32)26-66-40-22-35-31(21-36(34)40)16-18-37-43(35)53-45(51-37)39-14-11-19-56(39)47(59)42(55-49(61)65-7)30-12-9-8-10-13-30/h8-10,12-13,15-18,20-23,27-29,39,41-42H,11,14,19,24-26H2,1-7H3,(H,50,52)(H,51,53)(H,54,60)(H,55,61)/t27-,28-,29+,39-,41-,42+/m0/s1. The minimum Gasteiger partial charge on any atom is -0.488 e. The van der Waals surface area contributed by atoms with E-state index in [0.29, 0.717) is 43.5 Å². The summed E-state index contributed by atoms with van der Waals surface area (Å²) >= 11 is 0. The Bertz CT molecular complexity index is 2740. The van der Waals surface area contributed by atoms with Crippen LogP contribution in [0.2, 0.25) is 0 Å². The molecule has 4 heterocycles. The van der Waals surface area contributed by atoms with Crippen molar-refractivity contribution in [1.29, 1.82) is 0 Å². The Morgan fingerprint density at radius 1 is 0.909 bits per heavy atom. The average Bonchev–Trinajstić information content (AvgIpc) is 4.14. The molecule has 8 rings (SSSR count). The van der Waals surface area contributed by atoms with Gasteiger partial charge in [-0.3, -0.25) is 9.59 Å². The number of aromatic nitrogens is 4. The molecule has 4 aromatic carbocycles. The first-order chi connectivity index (χ1) is 31.9. The fraction of sp³-hybridized carbons (Fsp3) is 0.388. The van der Waals surface area contributed by atoms with Crippen LogP contribution in [0.1, 0.15) is 74.5 Å². The van der Waals surface area contributed by atoms with Gasteiger partial charge in [-0.2, -0.15) is 0 Å². The Balaban J connectivity index is 1.04. The number of rotatable bonds is 15. The zero-order valence-electron chi connectivity index (χ0n) is 38.2. The van der Waals surface area contributed by atoms with Crippen molar-refractivity contribution in [3.05, 3.63) is 102 Å². The van der Waals surface area contributed by atoms with E-state index >= 15 is 0 Å². The first kappa shape index (κ1) is 45.6. The Morgan fingerprint density at radius 3 is 2.42 bits per heavy atom. The van der Waals surface area contributed by atoms with Crippen LogP contribution in [0, 0.1) is 5.92 Å². The number of H-pyrrole nitrogens is 2. The van der Waals surface area contributed by atoms with Gasteiger partial charge in [-0.1, -0.05) is 55.5 Å². The first-order valence-corrected chi connectivity index (χ1v) is 22.1. The molecule has 17 heteroatoms. The second kappa shape index (κ2) is 19.6. The van der Waals surface area contributed by atoms with Crippen LogP contribution in [0.3, 0.4) is 0 Å². The van der Waals surface area contributed by atoms with Crippen molar-refractivity contribution >= 4 is 45.8 Å². The number of carbonyl (C=O) groups is 4. The lowest BCUT2D eigenvalue weighted by molar-refractivity contribution is -0.140. The molecule has 2 aromatic heterocycles. The van der Waals surface area contributed by atoms with Gasteiger partial charge in [0.25, 0.3) is 5.91 Å². The third-order valence-corrected chi connectivity index (χ3v) is 12.6. The summed E-state index contributed by atoms with van der Waals surface area (Å²) in [4.78, 5) is 73.2. The van der Waals surface area contributed by atoms with Gasteiger partial charge in [0.15, 0.2) is 0 Å². The van der Waals surface area contributed by atoms with Crippen molar-refractivity contribution in [3.63, 3.8) is 0 Å². The summed E-state index contributed by atoms with van der Waals surface area (Å²) in [6.07, 6.45) is 1.21. The highest BCUT2D eigenvalue weighted by Gasteiger charge is 2.38. The molecular weight excluding hydrogens is 845 g/mol. The topological polar surface area (TPSA) is 202 Å². The van der Waals surface area contributed by atoms with Gasteiger partial charge in [-0.25, -0.2) is 19.6 Å². The molecule has 6 atom stereocenters. The quantitative estimate of drug-likeness (QED) is 0.0802. The molecule has 0 bridgehead atoms. The molecule has 0 unspecified atom stereocenters. The number of aromatic amines is 2. The number of ether oxygens (including phenoxy) is 5. The Kier molecular flexibility index (Phi) is 13.6.